The van der Waals surface area contributed by atoms with Gasteiger partial charge in [-0.25, -0.2) is 0 Å². The van der Waals surface area contributed by atoms with Gasteiger partial charge in [-0.1, -0.05) is 0 Å². The van der Waals surface area contributed by atoms with Gasteiger partial charge >= 0.3 is 0 Å². The number of hydrogen-bond acceptors (Lipinski definition) is 5. The molecule has 3 atom stereocenters. The number of β-amino-alcohol motifs (C(OH)–C–C–N with tert-alkyl or cyclic N) is 1. The molecule has 2 fully saturated rings. The van der Waals surface area contributed by atoms with Crippen molar-refractivity contribution in [1.29, 1.82) is 0 Å². The highest BCUT2D eigenvalue weighted by Crippen LogP contribution is 2.21. The van der Waals surface area contributed by atoms with Crippen molar-refractivity contribution in [3.8, 4) is 0 Å². The molecule has 0 bridgehead atoms. The number of thioether (sulfide) groups is 1. The number of hydrogen-bond donors (Lipinski definition) is 2. The fourth-order valence-electron chi connectivity index (χ4n) is 2.68. The highest BCUT2D eigenvalue weighted by molar-refractivity contribution is 7.99. The normalized spacial score (nSPS) is 33.1. The summed E-state index contributed by atoms with van der Waals surface area (Å²) < 4.78 is 0. The van der Waals surface area contributed by atoms with Gasteiger partial charge in [0, 0.05) is 37.2 Å². The van der Waals surface area contributed by atoms with Gasteiger partial charge < -0.3 is 20.2 Å². The van der Waals surface area contributed by atoms with Crippen molar-refractivity contribution in [1.82, 2.24) is 15.1 Å². The van der Waals surface area contributed by atoms with E-state index in [1.807, 2.05) is 30.8 Å². The molecular formula is C12H23N3O2S. The van der Waals surface area contributed by atoms with E-state index >= 15 is 0 Å². The Hall–Kier alpha value is -0.300. The molecule has 18 heavy (non-hydrogen) atoms. The van der Waals surface area contributed by atoms with Gasteiger partial charge in [-0.2, -0.15) is 11.8 Å². The molecule has 5 nitrogen and oxygen atoms in total. The minimum Gasteiger partial charge on any atom is -0.391 e. The topological polar surface area (TPSA) is 55.8 Å². The Kier molecular flexibility index (Phi) is 4.89. The predicted molar refractivity (Wildman–Crippen MR) is 73.8 cm³/mol. The molecule has 6 heteroatoms. The van der Waals surface area contributed by atoms with E-state index in [9.17, 15) is 9.90 Å². The number of nitrogens with one attached hydrogen (secondary N) is 1. The molecule has 0 aliphatic carbocycles. The molecule has 0 saturated carbocycles. The van der Waals surface area contributed by atoms with Gasteiger partial charge in [-0.15, -0.1) is 0 Å². The Morgan fingerprint density at radius 1 is 1.56 bits per heavy atom. The predicted octanol–water partition coefficient (Wildman–Crippen LogP) is -0.785. The zero-order chi connectivity index (χ0) is 13.1. The van der Waals surface area contributed by atoms with Crippen LogP contribution in [0, 0.1) is 0 Å². The second kappa shape index (κ2) is 6.23. The number of aliphatic hydroxyl groups excluding tert-OH is 1. The molecule has 2 aliphatic heterocycles. The smallest absolute Gasteiger partial charge is 0.240 e. The number of carbonyl (C=O) groups excluding carboxylic acids is 1. The molecule has 3 unspecified atom stereocenters. The lowest BCUT2D eigenvalue weighted by molar-refractivity contribution is -0.134. The van der Waals surface area contributed by atoms with Gasteiger partial charge in [0.2, 0.25) is 5.91 Å². The molecule has 2 rings (SSSR count). The lowest BCUT2D eigenvalue weighted by atomic mass is 10.2. The Morgan fingerprint density at radius 3 is 2.94 bits per heavy atom. The summed E-state index contributed by atoms with van der Waals surface area (Å²) in [6.45, 7) is 2.21. The SMILES string of the molecule is CN(C)CC1CC(O)CN1C(=O)C1CSCCN1. The molecule has 0 aromatic rings. The third-order valence-electron chi connectivity index (χ3n) is 3.47. The Morgan fingerprint density at radius 2 is 2.33 bits per heavy atom. The monoisotopic (exact) mass is 273 g/mol. The second-order valence-electron chi connectivity index (χ2n) is 5.38. The van der Waals surface area contributed by atoms with Crippen molar-refractivity contribution in [3.63, 3.8) is 0 Å². The van der Waals surface area contributed by atoms with Gasteiger partial charge in [0.25, 0.3) is 0 Å². The van der Waals surface area contributed by atoms with Crippen LogP contribution in [0.3, 0.4) is 0 Å². The molecule has 0 radical (unpaired) electrons. The van der Waals surface area contributed by atoms with E-state index in [-0.39, 0.29) is 24.1 Å². The van der Waals surface area contributed by atoms with Gasteiger partial charge in [0.1, 0.15) is 0 Å². The standard InChI is InChI=1S/C12H23N3O2S/c1-14(2)6-9-5-10(16)7-15(9)12(17)11-8-18-4-3-13-11/h9-11,13,16H,3-8H2,1-2H3. The minimum absolute atomic E-state index is 0.0706. The van der Waals surface area contributed by atoms with Crippen molar-refractivity contribution >= 4 is 17.7 Å². The molecule has 2 N–H and O–H groups in total. The summed E-state index contributed by atoms with van der Waals surface area (Å²) in [7, 11) is 4.00. The van der Waals surface area contributed by atoms with Crippen LogP contribution in [-0.2, 0) is 4.79 Å². The van der Waals surface area contributed by atoms with Crippen LogP contribution >= 0.6 is 11.8 Å². The van der Waals surface area contributed by atoms with Crippen LogP contribution in [0.15, 0.2) is 0 Å². The van der Waals surface area contributed by atoms with Crippen molar-refractivity contribution in [2.75, 3.05) is 45.2 Å². The fraction of sp³-hybridized carbons (Fsp3) is 0.917. The lowest BCUT2D eigenvalue weighted by Gasteiger charge is -2.32. The number of amides is 1. The van der Waals surface area contributed by atoms with Crippen LogP contribution in [0.4, 0.5) is 0 Å². The molecule has 2 aliphatic rings. The van der Waals surface area contributed by atoms with Crippen molar-refractivity contribution in [2.24, 2.45) is 0 Å². The molecule has 0 spiro atoms. The van der Waals surface area contributed by atoms with Crippen molar-refractivity contribution in [2.45, 2.75) is 24.6 Å². The molecule has 0 aromatic carbocycles. The first kappa shape index (κ1) is 14.1. The molecular weight excluding hydrogens is 250 g/mol. The molecule has 0 aromatic heterocycles. The first-order valence-corrected chi connectivity index (χ1v) is 7.68. The van der Waals surface area contributed by atoms with Crippen LogP contribution in [0.1, 0.15) is 6.42 Å². The number of likely N-dealkylation sites (tertiary alicyclic amines) is 1. The van der Waals surface area contributed by atoms with E-state index in [0.717, 1.165) is 24.6 Å². The quantitative estimate of drug-likeness (QED) is 0.706. The molecule has 104 valence electrons. The fourth-order valence-corrected chi connectivity index (χ4v) is 3.61. The third-order valence-corrected chi connectivity index (χ3v) is 4.53. The summed E-state index contributed by atoms with van der Waals surface area (Å²) in [4.78, 5) is 16.4. The van der Waals surface area contributed by atoms with Crippen molar-refractivity contribution in [3.05, 3.63) is 0 Å². The number of rotatable bonds is 3. The van der Waals surface area contributed by atoms with Gasteiger partial charge in [-0.3, -0.25) is 4.79 Å². The van der Waals surface area contributed by atoms with Crippen LogP contribution in [0.25, 0.3) is 0 Å². The summed E-state index contributed by atoms with van der Waals surface area (Å²) in [5.41, 5.74) is 0. The maximum Gasteiger partial charge on any atom is 0.240 e. The van der Waals surface area contributed by atoms with Crippen molar-refractivity contribution < 1.29 is 9.90 Å². The summed E-state index contributed by atoms with van der Waals surface area (Å²) >= 11 is 1.82. The lowest BCUT2D eigenvalue weighted by Crippen LogP contribution is -2.53. The zero-order valence-electron chi connectivity index (χ0n) is 11.1. The minimum atomic E-state index is -0.366. The third kappa shape index (κ3) is 3.38. The zero-order valence-corrected chi connectivity index (χ0v) is 11.9. The summed E-state index contributed by atoms with van der Waals surface area (Å²) in [6, 6.07) is 0.0786. The van der Waals surface area contributed by atoms with Crippen LogP contribution < -0.4 is 5.32 Å². The average molecular weight is 273 g/mol. The number of nitrogens with zero attached hydrogens (tertiary/aromatic N) is 2. The highest BCUT2D eigenvalue weighted by atomic mass is 32.2. The number of carbonyl (C=O) groups is 1. The van der Waals surface area contributed by atoms with Gasteiger partial charge in [0.05, 0.1) is 12.1 Å². The Labute approximate surface area is 113 Å². The Balaban J connectivity index is 1.97. The van der Waals surface area contributed by atoms with Gasteiger partial charge in [0.15, 0.2) is 0 Å². The van der Waals surface area contributed by atoms with Gasteiger partial charge in [-0.05, 0) is 20.5 Å². The molecule has 2 heterocycles. The highest BCUT2D eigenvalue weighted by Gasteiger charge is 2.37. The van der Waals surface area contributed by atoms with Crippen LogP contribution in [-0.4, -0.2) is 84.2 Å². The maximum absolute atomic E-state index is 12.5. The van der Waals surface area contributed by atoms with E-state index in [0.29, 0.717) is 13.0 Å². The Bertz CT molecular complexity index is 295. The van der Waals surface area contributed by atoms with E-state index in [1.54, 1.807) is 0 Å². The van der Waals surface area contributed by atoms with E-state index in [2.05, 4.69) is 10.2 Å². The van der Waals surface area contributed by atoms with E-state index < -0.39 is 0 Å². The summed E-state index contributed by atoms with van der Waals surface area (Å²) in [5, 5.41) is 13.1. The molecule has 1 amide bonds. The average Bonchev–Trinajstić information content (AvgIpc) is 2.69. The largest absolute Gasteiger partial charge is 0.391 e. The first-order chi connectivity index (χ1) is 8.58. The van der Waals surface area contributed by atoms with E-state index in [4.69, 9.17) is 0 Å². The summed E-state index contributed by atoms with van der Waals surface area (Å²) in [6.07, 6.45) is 0.333. The van der Waals surface area contributed by atoms with E-state index in [1.165, 1.54) is 0 Å². The second-order valence-corrected chi connectivity index (χ2v) is 6.53. The number of likely N-dealkylation sites (N-methyl/N-ethyl adjacent to an activating group) is 1. The van der Waals surface area contributed by atoms with Crippen LogP contribution in [0.2, 0.25) is 0 Å². The first-order valence-electron chi connectivity index (χ1n) is 6.52. The summed E-state index contributed by atoms with van der Waals surface area (Å²) in [5.74, 6) is 2.08. The molecule has 2 saturated heterocycles. The van der Waals surface area contributed by atoms with Crippen LogP contribution in [0.5, 0.6) is 0 Å². The maximum atomic E-state index is 12.5. The number of aliphatic hydroxyl groups is 1.